The zero-order chi connectivity index (χ0) is 25.1. The minimum Gasteiger partial charge on any atom is -0.456 e. The molecule has 0 unspecified atom stereocenters. The van der Waals surface area contributed by atoms with E-state index < -0.39 is 0 Å². The highest BCUT2D eigenvalue weighted by Gasteiger charge is 2.21. The lowest BCUT2D eigenvalue weighted by Gasteiger charge is -2.28. The highest BCUT2D eigenvalue weighted by molar-refractivity contribution is 6.22. The van der Waals surface area contributed by atoms with Crippen LogP contribution in [-0.4, -0.2) is 0 Å². The first-order chi connectivity index (χ1) is 18.9. The van der Waals surface area contributed by atoms with Gasteiger partial charge in [-0.15, -0.1) is 0 Å². The average molecular weight is 486 g/mol. The summed E-state index contributed by atoms with van der Waals surface area (Å²) >= 11 is 0. The van der Waals surface area contributed by atoms with E-state index >= 15 is 0 Å². The maximum atomic E-state index is 6.30. The van der Waals surface area contributed by atoms with Crippen LogP contribution >= 0.6 is 0 Å². The Morgan fingerprint density at radius 3 is 1.92 bits per heavy atom. The molecule has 0 N–H and O–H groups in total. The number of furan rings is 1. The maximum absolute atomic E-state index is 6.30. The Balaban J connectivity index is 1.55. The number of hydrogen-bond acceptors (Lipinski definition) is 2. The summed E-state index contributed by atoms with van der Waals surface area (Å²) < 4.78 is 6.30. The summed E-state index contributed by atoms with van der Waals surface area (Å²) in [5, 5.41) is 9.72. The molecule has 0 amide bonds. The fourth-order valence-corrected chi connectivity index (χ4v) is 5.95. The quantitative estimate of drug-likeness (QED) is 0.231. The van der Waals surface area contributed by atoms with Gasteiger partial charge in [0.05, 0.1) is 16.8 Å². The molecule has 1 heterocycles. The minimum absolute atomic E-state index is 0.889. The largest absolute Gasteiger partial charge is 0.456 e. The maximum Gasteiger partial charge on any atom is 0.137 e. The number of fused-ring (bicyclic) bond motifs is 8. The van der Waals surface area contributed by atoms with Crippen LogP contribution in [0.15, 0.2) is 144 Å². The summed E-state index contributed by atoms with van der Waals surface area (Å²) in [6, 6.07) is 49.6. The molecule has 0 bridgehead atoms. The van der Waals surface area contributed by atoms with Crippen molar-refractivity contribution in [1.82, 2.24) is 0 Å². The van der Waals surface area contributed by atoms with Crippen molar-refractivity contribution in [2.75, 3.05) is 4.90 Å². The van der Waals surface area contributed by atoms with E-state index in [-0.39, 0.29) is 0 Å². The van der Waals surface area contributed by atoms with Gasteiger partial charge >= 0.3 is 0 Å². The average Bonchev–Trinajstić information content (AvgIpc) is 3.37. The molecule has 1 aromatic heterocycles. The van der Waals surface area contributed by atoms with Crippen molar-refractivity contribution in [3.8, 4) is 0 Å². The number of hydrogen-bond donors (Lipinski definition) is 0. The van der Waals surface area contributed by atoms with Gasteiger partial charge in [-0.3, -0.25) is 0 Å². The molecule has 8 rings (SSSR count). The summed E-state index contributed by atoms with van der Waals surface area (Å²) in [6.45, 7) is 0. The molecule has 178 valence electrons. The van der Waals surface area contributed by atoms with Gasteiger partial charge < -0.3 is 9.32 Å². The normalized spacial score (nSPS) is 11.7. The van der Waals surface area contributed by atoms with Gasteiger partial charge in [-0.05, 0) is 63.3 Å². The monoisotopic (exact) mass is 485 g/mol. The van der Waals surface area contributed by atoms with E-state index in [0.717, 1.165) is 39.0 Å². The van der Waals surface area contributed by atoms with Crippen molar-refractivity contribution >= 4 is 71.3 Å². The molecule has 0 spiro atoms. The summed E-state index contributed by atoms with van der Waals surface area (Å²) in [4.78, 5) is 2.40. The molecule has 8 aromatic rings. The molecule has 38 heavy (non-hydrogen) atoms. The van der Waals surface area contributed by atoms with E-state index in [1.807, 2.05) is 12.1 Å². The number of rotatable bonds is 3. The molecular weight excluding hydrogens is 462 g/mol. The Kier molecular flexibility index (Phi) is 4.55. The fraction of sp³-hybridized carbons (Fsp3) is 0. The van der Waals surface area contributed by atoms with Crippen LogP contribution in [0.2, 0.25) is 0 Å². The van der Waals surface area contributed by atoms with Gasteiger partial charge in [-0.25, -0.2) is 0 Å². The second kappa shape index (κ2) is 8.22. The molecule has 0 aliphatic carbocycles. The van der Waals surface area contributed by atoms with Gasteiger partial charge in [0.2, 0.25) is 0 Å². The van der Waals surface area contributed by atoms with Crippen molar-refractivity contribution in [3.63, 3.8) is 0 Å². The van der Waals surface area contributed by atoms with Crippen LogP contribution in [-0.2, 0) is 0 Å². The van der Waals surface area contributed by atoms with Crippen LogP contribution < -0.4 is 4.90 Å². The van der Waals surface area contributed by atoms with Gasteiger partial charge in [0, 0.05) is 16.5 Å². The number of para-hydroxylation sites is 2. The van der Waals surface area contributed by atoms with E-state index in [9.17, 15) is 0 Å². The van der Waals surface area contributed by atoms with Gasteiger partial charge in [-0.2, -0.15) is 0 Å². The van der Waals surface area contributed by atoms with Crippen molar-refractivity contribution in [2.24, 2.45) is 0 Å². The zero-order valence-electron chi connectivity index (χ0n) is 20.6. The second-order valence-electron chi connectivity index (χ2n) is 9.74. The van der Waals surface area contributed by atoms with E-state index in [1.165, 1.54) is 32.3 Å². The van der Waals surface area contributed by atoms with Crippen LogP contribution in [0.3, 0.4) is 0 Å². The molecule has 7 aromatic carbocycles. The fourth-order valence-electron chi connectivity index (χ4n) is 5.95. The molecule has 0 aliphatic heterocycles. The van der Waals surface area contributed by atoms with E-state index in [4.69, 9.17) is 4.42 Å². The van der Waals surface area contributed by atoms with E-state index in [2.05, 4.69) is 132 Å². The smallest absolute Gasteiger partial charge is 0.137 e. The minimum atomic E-state index is 0.889. The lowest BCUT2D eigenvalue weighted by molar-refractivity contribution is 0.669. The Bertz CT molecular complexity index is 2140. The van der Waals surface area contributed by atoms with Crippen molar-refractivity contribution in [1.29, 1.82) is 0 Å². The van der Waals surface area contributed by atoms with Gasteiger partial charge in [-0.1, -0.05) is 103 Å². The Morgan fingerprint density at radius 1 is 0.395 bits per heavy atom. The molecule has 0 saturated heterocycles. The molecule has 0 aliphatic rings. The third-order valence-corrected chi connectivity index (χ3v) is 7.62. The van der Waals surface area contributed by atoms with Crippen LogP contribution in [0.25, 0.3) is 54.3 Å². The Hall–Kier alpha value is -5.08. The molecular formula is C36H23NO. The highest BCUT2D eigenvalue weighted by Crippen LogP contribution is 2.46. The predicted molar refractivity (Wildman–Crippen MR) is 161 cm³/mol. The predicted octanol–water partition coefficient (Wildman–Crippen LogP) is 10.5. The topological polar surface area (TPSA) is 16.4 Å². The van der Waals surface area contributed by atoms with Crippen molar-refractivity contribution in [2.45, 2.75) is 0 Å². The molecule has 0 fully saturated rings. The Labute approximate surface area is 220 Å². The van der Waals surface area contributed by atoms with E-state index in [1.54, 1.807) is 0 Å². The van der Waals surface area contributed by atoms with Crippen LogP contribution in [0.5, 0.6) is 0 Å². The van der Waals surface area contributed by atoms with Crippen LogP contribution in [0, 0.1) is 0 Å². The first-order valence-electron chi connectivity index (χ1n) is 13.0. The van der Waals surface area contributed by atoms with Crippen LogP contribution in [0.4, 0.5) is 17.1 Å². The lowest BCUT2D eigenvalue weighted by atomic mass is 9.95. The van der Waals surface area contributed by atoms with Gasteiger partial charge in [0.25, 0.3) is 0 Å². The summed E-state index contributed by atoms with van der Waals surface area (Å²) in [6.07, 6.45) is 0. The SMILES string of the molecule is c1ccc(N(c2cc3c4ccccc4ccc3c3ccccc23)c2cccc3oc4ccccc4c23)cc1. The number of nitrogens with zero attached hydrogens (tertiary/aromatic N) is 1. The van der Waals surface area contributed by atoms with Crippen LogP contribution in [0.1, 0.15) is 0 Å². The standard InChI is InChI=1S/C36H23NO/c1-2-12-25(13-3-1)37(32-18-10-20-35-36(32)30-17-8-9-19-34(30)38-35)33-23-31-26-14-5-4-11-24(26)21-22-28(31)27-15-6-7-16-29(27)33/h1-23H. The van der Waals surface area contributed by atoms with Crippen molar-refractivity contribution in [3.05, 3.63) is 140 Å². The third kappa shape index (κ3) is 3.07. The summed E-state index contributed by atoms with van der Waals surface area (Å²) in [5.74, 6) is 0. The number of anilines is 3. The summed E-state index contributed by atoms with van der Waals surface area (Å²) in [5.41, 5.74) is 5.14. The lowest BCUT2D eigenvalue weighted by Crippen LogP contribution is -2.11. The van der Waals surface area contributed by atoms with Gasteiger partial charge in [0.1, 0.15) is 11.2 Å². The number of benzene rings is 7. The molecule has 2 heteroatoms. The molecule has 0 radical (unpaired) electrons. The second-order valence-corrected chi connectivity index (χ2v) is 9.74. The first-order valence-corrected chi connectivity index (χ1v) is 13.0. The molecule has 0 saturated carbocycles. The molecule has 2 nitrogen and oxygen atoms in total. The van der Waals surface area contributed by atoms with E-state index in [0.29, 0.717) is 0 Å². The third-order valence-electron chi connectivity index (χ3n) is 7.62. The highest BCUT2D eigenvalue weighted by atomic mass is 16.3. The Morgan fingerprint density at radius 2 is 1.05 bits per heavy atom. The van der Waals surface area contributed by atoms with Crippen molar-refractivity contribution < 1.29 is 4.42 Å². The zero-order valence-corrected chi connectivity index (χ0v) is 20.6. The first kappa shape index (κ1) is 21.0. The van der Waals surface area contributed by atoms with Gasteiger partial charge in [0.15, 0.2) is 0 Å². The summed E-state index contributed by atoms with van der Waals surface area (Å²) in [7, 11) is 0. The molecule has 0 atom stereocenters.